The first kappa shape index (κ1) is 12.8. The first-order valence-electron chi connectivity index (χ1n) is 6.34. The van der Waals surface area contributed by atoms with Crippen LogP contribution in [0.4, 0.5) is 0 Å². The van der Waals surface area contributed by atoms with Gasteiger partial charge in [-0.1, -0.05) is 6.07 Å². The third kappa shape index (κ3) is 2.45. The summed E-state index contributed by atoms with van der Waals surface area (Å²) in [4.78, 5) is 16.8. The smallest absolute Gasteiger partial charge is 0.233 e. The highest BCUT2D eigenvalue weighted by Gasteiger charge is 2.31. The fourth-order valence-corrected chi connectivity index (χ4v) is 4.36. The van der Waals surface area contributed by atoms with E-state index in [4.69, 9.17) is 0 Å². The quantitative estimate of drug-likeness (QED) is 0.943. The molecule has 0 saturated heterocycles. The Bertz CT molecular complexity index is 562. The number of thiophene rings is 2. The number of amides is 1. The topological polar surface area (TPSA) is 32.3 Å². The van der Waals surface area contributed by atoms with Gasteiger partial charge in [0.15, 0.2) is 0 Å². The van der Waals surface area contributed by atoms with Crippen LogP contribution in [0.5, 0.6) is 0 Å². The third-order valence-corrected chi connectivity index (χ3v) is 5.43. The SMILES string of the molecule is CNC(=O)CN1CCc2sccc2C1c1cccs1. The number of likely N-dealkylation sites (N-methyl/N-ethyl adjacent to an activating group) is 1. The molecule has 2 aromatic rings. The van der Waals surface area contributed by atoms with Crippen molar-refractivity contribution < 1.29 is 4.79 Å². The molecule has 3 nitrogen and oxygen atoms in total. The zero-order valence-electron chi connectivity index (χ0n) is 10.8. The minimum Gasteiger partial charge on any atom is -0.358 e. The van der Waals surface area contributed by atoms with Crippen LogP contribution in [-0.4, -0.2) is 30.9 Å². The molecule has 0 spiro atoms. The largest absolute Gasteiger partial charge is 0.358 e. The van der Waals surface area contributed by atoms with Gasteiger partial charge in [0.1, 0.15) is 0 Å². The molecule has 0 radical (unpaired) electrons. The summed E-state index contributed by atoms with van der Waals surface area (Å²) in [5, 5.41) is 6.99. The Kier molecular flexibility index (Phi) is 3.68. The normalized spacial score (nSPS) is 19.1. The minimum atomic E-state index is 0.0836. The summed E-state index contributed by atoms with van der Waals surface area (Å²) < 4.78 is 0. The summed E-state index contributed by atoms with van der Waals surface area (Å²) in [7, 11) is 1.70. The number of nitrogens with one attached hydrogen (secondary N) is 1. The van der Waals surface area contributed by atoms with Crippen LogP contribution in [0.25, 0.3) is 0 Å². The second-order valence-corrected chi connectivity index (χ2v) is 6.59. The highest BCUT2D eigenvalue weighted by atomic mass is 32.1. The van der Waals surface area contributed by atoms with Crippen LogP contribution >= 0.6 is 22.7 Å². The van der Waals surface area contributed by atoms with Crippen molar-refractivity contribution in [1.29, 1.82) is 0 Å². The first-order chi connectivity index (χ1) is 9.29. The molecular weight excluding hydrogens is 276 g/mol. The fraction of sp³-hybridized carbons (Fsp3) is 0.357. The average molecular weight is 292 g/mol. The van der Waals surface area contributed by atoms with Crippen LogP contribution in [-0.2, 0) is 11.2 Å². The molecule has 3 rings (SSSR count). The predicted molar refractivity (Wildman–Crippen MR) is 79.8 cm³/mol. The minimum absolute atomic E-state index is 0.0836. The number of fused-ring (bicyclic) bond motifs is 1. The van der Waals surface area contributed by atoms with E-state index >= 15 is 0 Å². The van der Waals surface area contributed by atoms with E-state index in [1.165, 1.54) is 15.3 Å². The van der Waals surface area contributed by atoms with E-state index in [0.29, 0.717) is 6.54 Å². The van der Waals surface area contributed by atoms with Crippen molar-refractivity contribution in [1.82, 2.24) is 10.2 Å². The Hall–Kier alpha value is -1.17. The van der Waals surface area contributed by atoms with E-state index in [1.54, 1.807) is 18.4 Å². The number of hydrogen-bond acceptors (Lipinski definition) is 4. The lowest BCUT2D eigenvalue weighted by atomic mass is 9.98. The zero-order chi connectivity index (χ0) is 13.2. The van der Waals surface area contributed by atoms with Gasteiger partial charge in [-0.25, -0.2) is 0 Å². The number of hydrogen-bond donors (Lipinski definition) is 1. The molecule has 0 fully saturated rings. The lowest BCUT2D eigenvalue weighted by molar-refractivity contribution is -0.122. The lowest BCUT2D eigenvalue weighted by Gasteiger charge is -2.34. The summed E-state index contributed by atoms with van der Waals surface area (Å²) in [6.45, 7) is 1.41. The summed E-state index contributed by atoms with van der Waals surface area (Å²) in [5.74, 6) is 0.0836. The van der Waals surface area contributed by atoms with Gasteiger partial charge in [-0.3, -0.25) is 9.69 Å². The second-order valence-electron chi connectivity index (χ2n) is 4.61. The molecule has 100 valence electrons. The average Bonchev–Trinajstić information content (AvgIpc) is 3.08. The molecular formula is C14H16N2OS2. The Balaban J connectivity index is 1.95. The number of carbonyl (C=O) groups excluding carboxylic acids is 1. The lowest BCUT2D eigenvalue weighted by Crippen LogP contribution is -2.41. The van der Waals surface area contributed by atoms with Crippen molar-refractivity contribution in [2.75, 3.05) is 20.1 Å². The van der Waals surface area contributed by atoms with Gasteiger partial charge < -0.3 is 5.32 Å². The molecule has 1 amide bonds. The summed E-state index contributed by atoms with van der Waals surface area (Å²) in [5.41, 5.74) is 1.38. The van der Waals surface area contributed by atoms with Gasteiger partial charge in [-0.05, 0) is 34.9 Å². The van der Waals surface area contributed by atoms with E-state index in [-0.39, 0.29) is 11.9 Å². The van der Waals surface area contributed by atoms with Gasteiger partial charge in [0.05, 0.1) is 12.6 Å². The summed E-state index contributed by atoms with van der Waals surface area (Å²) in [6.07, 6.45) is 1.05. The molecule has 2 aromatic heterocycles. The maximum absolute atomic E-state index is 11.7. The van der Waals surface area contributed by atoms with Gasteiger partial charge in [0, 0.05) is 23.3 Å². The summed E-state index contributed by atoms with van der Waals surface area (Å²) >= 11 is 3.60. The Morgan fingerprint density at radius 3 is 3.05 bits per heavy atom. The number of nitrogens with zero attached hydrogens (tertiary/aromatic N) is 1. The van der Waals surface area contributed by atoms with E-state index in [1.807, 2.05) is 11.3 Å². The second kappa shape index (κ2) is 5.45. The van der Waals surface area contributed by atoms with Crippen molar-refractivity contribution in [3.8, 4) is 0 Å². The van der Waals surface area contributed by atoms with Crippen LogP contribution in [0.15, 0.2) is 29.0 Å². The van der Waals surface area contributed by atoms with Gasteiger partial charge >= 0.3 is 0 Å². The molecule has 5 heteroatoms. The van der Waals surface area contributed by atoms with Gasteiger partial charge in [0.2, 0.25) is 5.91 Å². The zero-order valence-corrected chi connectivity index (χ0v) is 12.4. The van der Waals surface area contributed by atoms with Gasteiger partial charge in [0.25, 0.3) is 0 Å². The molecule has 1 N–H and O–H groups in total. The van der Waals surface area contributed by atoms with Crippen LogP contribution in [0, 0.1) is 0 Å². The Morgan fingerprint density at radius 2 is 2.32 bits per heavy atom. The Morgan fingerprint density at radius 1 is 1.42 bits per heavy atom. The molecule has 1 atom stereocenters. The van der Waals surface area contributed by atoms with Crippen LogP contribution in [0.1, 0.15) is 21.4 Å². The predicted octanol–water partition coefficient (Wildman–Crippen LogP) is 2.50. The monoisotopic (exact) mass is 292 g/mol. The van der Waals surface area contributed by atoms with Crippen molar-refractivity contribution in [2.45, 2.75) is 12.5 Å². The number of carbonyl (C=O) groups is 1. The van der Waals surface area contributed by atoms with E-state index in [2.05, 4.69) is 39.2 Å². The Labute approximate surface area is 120 Å². The van der Waals surface area contributed by atoms with Crippen molar-refractivity contribution in [3.63, 3.8) is 0 Å². The van der Waals surface area contributed by atoms with Gasteiger partial charge in [-0.15, -0.1) is 22.7 Å². The fourth-order valence-electron chi connectivity index (χ4n) is 2.58. The number of rotatable bonds is 3. The van der Waals surface area contributed by atoms with E-state index < -0.39 is 0 Å². The molecule has 3 heterocycles. The summed E-state index contributed by atoms with van der Waals surface area (Å²) in [6, 6.07) is 6.70. The molecule has 0 aromatic carbocycles. The standard InChI is InChI=1S/C14H16N2OS2/c1-15-13(17)9-16-6-4-11-10(5-8-19-11)14(16)12-3-2-7-18-12/h2-3,5,7-8,14H,4,6,9H2,1H3,(H,15,17). The highest BCUT2D eigenvalue weighted by molar-refractivity contribution is 7.10. The van der Waals surface area contributed by atoms with E-state index in [9.17, 15) is 4.79 Å². The van der Waals surface area contributed by atoms with E-state index in [0.717, 1.165) is 13.0 Å². The van der Waals surface area contributed by atoms with Crippen molar-refractivity contribution >= 4 is 28.6 Å². The molecule has 0 saturated carbocycles. The van der Waals surface area contributed by atoms with Crippen LogP contribution in [0.2, 0.25) is 0 Å². The molecule has 1 aliphatic heterocycles. The molecule has 0 bridgehead atoms. The van der Waals surface area contributed by atoms with Crippen LogP contribution < -0.4 is 5.32 Å². The molecule has 1 unspecified atom stereocenters. The highest BCUT2D eigenvalue weighted by Crippen LogP contribution is 2.39. The molecule has 19 heavy (non-hydrogen) atoms. The van der Waals surface area contributed by atoms with Gasteiger partial charge in [-0.2, -0.15) is 0 Å². The van der Waals surface area contributed by atoms with Crippen LogP contribution in [0.3, 0.4) is 0 Å². The van der Waals surface area contributed by atoms with Crippen molar-refractivity contribution in [3.05, 3.63) is 44.3 Å². The first-order valence-corrected chi connectivity index (χ1v) is 8.10. The maximum atomic E-state index is 11.7. The molecule has 0 aliphatic carbocycles. The van der Waals surface area contributed by atoms with Crippen molar-refractivity contribution in [2.24, 2.45) is 0 Å². The molecule has 1 aliphatic rings. The third-order valence-electron chi connectivity index (χ3n) is 3.50. The maximum Gasteiger partial charge on any atom is 0.233 e.